The molecule has 0 fully saturated rings. The van der Waals surface area contributed by atoms with Gasteiger partial charge in [0.1, 0.15) is 5.75 Å². The highest BCUT2D eigenvalue weighted by atomic mass is 16.4. The highest BCUT2D eigenvalue weighted by Crippen LogP contribution is 2.30. The topological polar surface area (TPSA) is 83.6 Å². The Bertz CT molecular complexity index is 415. The summed E-state index contributed by atoms with van der Waals surface area (Å²) in [5.41, 5.74) is 8.27. The fraction of sp³-hybridized carbons (Fsp3) is 0.364. The van der Waals surface area contributed by atoms with E-state index >= 15 is 0 Å². The molecule has 0 aliphatic heterocycles. The van der Waals surface area contributed by atoms with Gasteiger partial charge in [0.15, 0.2) is 0 Å². The number of hydrogen-bond donors (Lipinski definition) is 3. The molecule has 0 saturated heterocycles. The fourth-order valence-corrected chi connectivity index (χ4v) is 2.09. The van der Waals surface area contributed by atoms with Crippen LogP contribution < -0.4 is 5.73 Å². The molecule has 0 spiro atoms. The zero-order chi connectivity index (χ0) is 11.0. The van der Waals surface area contributed by atoms with Crippen molar-refractivity contribution < 1.29 is 15.0 Å². The minimum Gasteiger partial charge on any atom is -0.508 e. The number of nitrogens with two attached hydrogens (primary N) is 1. The largest absolute Gasteiger partial charge is 0.508 e. The molecule has 1 atom stereocenters. The molecule has 4 nitrogen and oxygen atoms in total. The maximum atomic E-state index is 10.5. The Morgan fingerprint density at radius 3 is 2.87 bits per heavy atom. The molecule has 1 aromatic rings. The molecule has 15 heavy (non-hydrogen) atoms. The molecule has 0 bridgehead atoms. The van der Waals surface area contributed by atoms with Crippen LogP contribution in [0, 0.1) is 0 Å². The van der Waals surface area contributed by atoms with Gasteiger partial charge in [-0.15, -0.1) is 0 Å². The van der Waals surface area contributed by atoms with Crippen LogP contribution in [0.5, 0.6) is 5.75 Å². The lowest BCUT2D eigenvalue weighted by Gasteiger charge is -2.05. The van der Waals surface area contributed by atoms with Gasteiger partial charge in [-0.1, -0.05) is 6.07 Å². The highest BCUT2D eigenvalue weighted by molar-refractivity contribution is 5.70. The standard InChI is InChI=1S/C11H13NO3/c12-8-4-7-1-6(3-11(14)15)2-10(13)9(7)5-8/h1-2,8,13H,3-5,12H2,(H,14,15). The van der Waals surface area contributed by atoms with E-state index in [0.717, 1.165) is 17.5 Å². The van der Waals surface area contributed by atoms with E-state index in [-0.39, 0.29) is 18.2 Å². The van der Waals surface area contributed by atoms with Crippen molar-refractivity contribution in [2.45, 2.75) is 25.3 Å². The number of phenols is 1. The molecule has 0 saturated carbocycles. The lowest BCUT2D eigenvalue weighted by atomic mass is 10.0. The van der Waals surface area contributed by atoms with E-state index in [2.05, 4.69) is 0 Å². The van der Waals surface area contributed by atoms with Crippen LogP contribution in [-0.4, -0.2) is 22.2 Å². The van der Waals surface area contributed by atoms with Gasteiger partial charge >= 0.3 is 5.97 Å². The lowest BCUT2D eigenvalue weighted by Crippen LogP contribution is -2.19. The second-order valence-electron chi connectivity index (χ2n) is 3.99. The van der Waals surface area contributed by atoms with E-state index in [4.69, 9.17) is 10.8 Å². The zero-order valence-corrected chi connectivity index (χ0v) is 8.23. The predicted octanol–water partition coefficient (Wildman–Crippen LogP) is 0.445. The number of benzene rings is 1. The van der Waals surface area contributed by atoms with Crippen molar-refractivity contribution in [3.63, 3.8) is 0 Å². The third-order valence-electron chi connectivity index (χ3n) is 2.68. The average Bonchev–Trinajstić information content (AvgIpc) is 2.44. The quantitative estimate of drug-likeness (QED) is 0.657. The van der Waals surface area contributed by atoms with Crippen molar-refractivity contribution in [2.75, 3.05) is 0 Å². The second kappa shape index (κ2) is 3.55. The minimum absolute atomic E-state index is 0.0472. The summed E-state index contributed by atoms with van der Waals surface area (Å²) in [7, 11) is 0. The van der Waals surface area contributed by atoms with Crippen LogP contribution in [0.15, 0.2) is 12.1 Å². The van der Waals surface area contributed by atoms with Crippen molar-refractivity contribution in [1.29, 1.82) is 0 Å². The highest BCUT2D eigenvalue weighted by Gasteiger charge is 2.22. The first-order valence-electron chi connectivity index (χ1n) is 4.87. The Labute approximate surface area is 87.3 Å². The van der Waals surface area contributed by atoms with Crippen molar-refractivity contribution >= 4 is 5.97 Å². The molecular weight excluding hydrogens is 194 g/mol. The first kappa shape index (κ1) is 9.98. The Hall–Kier alpha value is -1.55. The number of phenolic OH excluding ortho intramolecular Hbond substituents is 1. The molecular formula is C11H13NO3. The maximum Gasteiger partial charge on any atom is 0.307 e. The third-order valence-corrected chi connectivity index (χ3v) is 2.68. The molecule has 80 valence electrons. The Kier molecular flexibility index (Phi) is 2.36. The molecule has 2 rings (SSSR count). The Balaban J connectivity index is 2.35. The molecule has 0 radical (unpaired) electrons. The molecule has 1 aliphatic carbocycles. The number of carboxylic acids is 1. The van der Waals surface area contributed by atoms with Crippen LogP contribution in [-0.2, 0) is 24.1 Å². The Morgan fingerprint density at radius 1 is 1.47 bits per heavy atom. The third kappa shape index (κ3) is 1.94. The van der Waals surface area contributed by atoms with Gasteiger partial charge in [-0.25, -0.2) is 0 Å². The number of hydrogen-bond acceptors (Lipinski definition) is 3. The molecule has 4 heteroatoms. The van der Waals surface area contributed by atoms with E-state index < -0.39 is 5.97 Å². The summed E-state index contributed by atoms with van der Waals surface area (Å²) in [6.07, 6.45) is 1.33. The predicted molar refractivity (Wildman–Crippen MR) is 54.8 cm³/mol. The van der Waals surface area contributed by atoms with Gasteiger partial charge in [0.25, 0.3) is 0 Å². The summed E-state index contributed by atoms with van der Waals surface area (Å²) in [6.45, 7) is 0. The number of carboxylic acid groups (broad SMARTS) is 1. The van der Waals surface area contributed by atoms with Gasteiger partial charge in [0.2, 0.25) is 0 Å². The van der Waals surface area contributed by atoms with E-state index in [1.807, 2.05) is 6.07 Å². The molecule has 0 amide bonds. The summed E-state index contributed by atoms with van der Waals surface area (Å²) >= 11 is 0. The lowest BCUT2D eigenvalue weighted by molar-refractivity contribution is -0.136. The molecule has 0 heterocycles. The van der Waals surface area contributed by atoms with Crippen LogP contribution in [0.4, 0.5) is 0 Å². The monoisotopic (exact) mass is 207 g/mol. The number of aliphatic carboxylic acids is 1. The number of fused-ring (bicyclic) bond motifs is 1. The summed E-state index contributed by atoms with van der Waals surface area (Å²) in [4.78, 5) is 10.5. The number of rotatable bonds is 2. The van der Waals surface area contributed by atoms with Crippen molar-refractivity contribution in [1.82, 2.24) is 0 Å². The molecule has 1 aliphatic rings. The number of aromatic hydroxyl groups is 1. The van der Waals surface area contributed by atoms with Crippen LogP contribution in [0.25, 0.3) is 0 Å². The number of carbonyl (C=O) groups is 1. The second-order valence-corrected chi connectivity index (χ2v) is 3.99. The smallest absolute Gasteiger partial charge is 0.307 e. The molecule has 4 N–H and O–H groups in total. The van der Waals surface area contributed by atoms with Gasteiger partial charge in [-0.3, -0.25) is 4.79 Å². The SMILES string of the molecule is NC1Cc2cc(CC(=O)O)cc(O)c2C1. The molecule has 1 unspecified atom stereocenters. The molecule has 1 aromatic carbocycles. The average molecular weight is 207 g/mol. The van der Waals surface area contributed by atoms with Gasteiger partial charge in [-0.2, -0.15) is 0 Å². The van der Waals surface area contributed by atoms with Gasteiger partial charge in [-0.05, 0) is 35.6 Å². The molecule has 0 aromatic heterocycles. The Morgan fingerprint density at radius 2 is 2.20 bits per heavy atom. The van der Waals surface area contributed by atoms with Crippen LogP contribution in [0.2, 0.25) is 0 Å². The summed E-state index contributed by atoms with van der Waals surface area (Å²) in [6, 6.07) is 3.40. The summed E-state index contributed by atoms with van der Waals surface area (Å²) < 4.78 is 0. The summed E-state index contributed by atoms with van der Waals surface area (Å²) in [5.74, 6) is -0.714. The fourth-order valence-electron chi connectivity index (χ4n) is 2.09. The minimum atomic E-state index is -0.892. The van der Waals surface area contributed by atoms with Crippen molar-refractivity contribution in [3.8, 4) is 5.75 Å². The summed E-state index contributed by atoms with van der Waals surface area (Å²) in [5, 5.41) is 18.3. The van der Waals surface area contributed by atoms with Crippen LogP contribution in [0.1, 0.15) is 16.7 Å². The van der Waals surface area contributed by atoms with E-state index in [9.17, 15) is 9.90 Å². The van der Waals surface area contributed by atoms with Crippen molar-refractivity contribution in [3.05, 3.63) is 28.8 Å². The first-order valence-corrected chi connectivity index (χ1v) is 4.87. The van der Waals surface area contributed by atoms with Crippen LogP contribution in [0.3, 0.4) is 0 Å². The van der Waals surface area contributed by atoms with Gasteiger partial charge < -0.3 is 15.9 Å². The zero-order valence-electron chi connectivity index (χ0n) is 8.23. The maximum absolute atomic E-state index is 10.5. The van der Waals surface area contributed by atoms with Gasteiger partial charge in [0, 0.05) is 6.04 Å². The van der Waals surface area contributed by atoms with E-state index in [1.54, 1.807) is 0 Å². The first-order chi connectivity index (χ1) is 7.06. The van der Waals surface area contributed by atoms with Crippen LogP contribution >= 0.6 is 0 Å². The normalized spacial score (nSPS) is 18.9. The van der Waals surface area contributed by atoms with E-state index in [1.165, 1.54) is 6.07 Å². The van der Waals surface area contributed by atoms with E-state index in [0.29, 0.717) is 12.0 Å². The van der Waals surface area contributed by atoms with Gasteiger partial charge in [0.05, 0.1) is 6.42 Å². The van der Waals surface area contributed by atoms with Crippen molar-refractivity contribution in [2.24, 2.45) is 5.73 Å².